The van der Waals surface area contributed by atoms with Gasteiger partial charge >= 0.3 is 0 Å². The third kappa shape index (κ3) is 3.32. The van der Waals surface area contributed by atoms with Crippen molar-refractivity contribution in [1.82, 2.24) is 19.6 Å². The summed E-state index contributed by atoms with van der Waals surface area (Å²) < 4.78 is 34.5. The molecule has 3 aromatic heterocycles. The lowest BCUT2D eigenvalue weighted by Gasteiger charge is -2.09. The predicted octanol–water partition coefficient (Wildman–Crippen LogP) is 2.60. The molecule has 0 aliphatic rings. The zero-order valence-corrected chi connectivity index (χ0v) is 15.1. The van der Waals surface area contributed by atoms with Crippen LogP contribution in [0.4, 0.5) is 5.82 Å². The van der Waals surface area contributed by atoms with Gasteiger partial charge in [-0.15, -0.1) is 0 Å². The van der Waals surface area contributed by atoms with Gasteiger partial charge in [0.25, 0.3) is 10.0 Å². The highest BCUT2D eigenvalue weighted by Gasteiger charge is 2.17. The smallest absolute Gasteiger partial charge is 0.263 e. The molecule has 9 heteroatoms. The maximum Gasteiger partial charge on any atom is 0.263 e. The minimum atomic E-state index is -3.79. The maximum atomic E-state index is 12.7. The first-order valence-corrected chi connectivity index (χ1v) is 9.47. The number of hydrogen-bond acceptors (Lipinski definition) is 6. The summed E-state index contributed by atoms with van der Waals surface area (Å²) in [5.41, 5.74) is 1.97. The summed E-state index contributed by atoms with van der Waals surface area (Å²) in [6, 6.07) is 13.1. The Kier molecular flexibility index (Phi) is 4.21. The number of rotatable bonds is 5. The molecule has 0 radical (unpaired) electrons. The highest BCUT2D eigenvalue weighted by atomic mass is 32.2. The van der Waals surface area contributed by atoms with Gasteiger partial charge in [-0.05, 0) is 42.5 Å². The van der Waals surface area contributed by atoms with Gasteiger partial charge in [0.2, 0.25) is 0 Å². The van der Waals surface area contributed by atoms with Crippen molar-refractivity contribution >= 4 is 21.5 Å². The summed E-state index contributed by atoms with van der Waals surface area (Å²) >= 11 is 0. The Morgan fingerprint density at radius 1 is 1.07 bits per heavy atom. The van der Waals surface area contributed by atoms with E-state index in [2.05, 4.69) is 19.8 Å². The van der Waals surface area contributed by atoms with Crippen molar-refractivity contribution in [2.75, 3.05) is 11.8 Å². The first-order valence-electron chi connectivity index (χ1n) is 7.99. The molecule has 27 heavy (non-hydrogen) atoms. The summed E-state index contributed by atoms with van der Waals surface area (Å²) in [6.45, 7) is 0. The second-order valence-corrected chi connectivity index (χ2v) is 7.33. The van der Waals surface area contributed by atoms with Crippen LogP contribution in [0, 0.1) is 0 Å². The van der Waals surface area contributed by atoms with Crippen LogP contribution in [0.25, 0.3) is 16.9 Å². The Balaban J connectivity index is 1.72. The summed E-state index contributed by atoms with van der Waals surface area (Å²) in [5, 5.41) is 4.46. The topological polar surface area (TPSA) is 98.5 Å². The Morgan fingerprint density at radius 2 is 1.89 bits per heavy atom. The SMILES string of the molecule is COc1ccc(S(=O)(=O)Nc2ccnc3cc(-c4cccnc4)nn23)cc1. The van der Waals surface area contributed by atoms with Gasteiger partial charge in [-0.1, -0.05) is 0 Å². The highest BCUT2D eigenvalue weighted by molar-refractivity contribution is 7.92. The van der Waals surface area contributed by atoms with Crippen molar-refractivity contribution in [2.45, 2.75) is 4.90 Å². The summed E-state index contributed by atoms with van der Waals surface area (Å²) in [7, 11) is -2.27. The molecule has 0 spiro atoms. The van der Waals surface area contributed by atoms with E-state index in [1.807, 2.05) is 6.07 Å². The number of sulfonamides is 1. The normalized spacial score (nSPS) is 11.4. The van der Waals surface area contributed by atoms with Crippen molar-refractivity contribution in [3.05, 3.63) is 67.1 Å². The van der Waals surface area contributed by atoms with Crippen molar-refractivity contribution in [3.63, 3.8) is 0 Å². The molecular formula is C18H15N5O3S. The summed E-state index contributed by atoms with van der Waals surface area (Å²) in [6.07, 6.45) is 4.88. The van der Waals surface area contributed by atoms with E-state index >= 15 is 0 Å². The van der Waals surface area contributed by atoms with Gasteiger partial charge in [0, 0.05) is 30.2 Å². The third-order valence-corrected chi connectivity index (χ3v) is 5.29. The van der Waals surface area contributed by atoms with Crippen LogP contribution >= 0.6 is 0 Å². The number of anilines is 1. The van der Waals surface area contributed by atoms with Gasteiger partial charge in [-0.2, -0.15) is 9.61 Å². The van der Waals surface area contributed by atoms with E-state index < -0.39 is 10.0 Å². The quantitative estimate of drug-likeness (QED) is 0.571. The van der Waals surface area contributed by atoms with E-state index in [9.17, 15) is 8.42 Å². The number of hydrogen-bond donors (Lipinski definition) is 1. The number of nitrogens with one attached hydrogen (secondary N) is 1. The fourth-order valence-electron chi connectivity index (χ4n) is 2.58. The van der Waals surface area contributed by atoms with Crippen molar-refractivity contribution in [2.24, 2.45) is 0 Å². The van der Waals surface area contributed by atoms with Crippen LogP contribution in [0.3, 0.4) is 0 Å². The third-order valence-electron chi connectivity index (χ3n) is 3.92. The number of methoxy groups -OCH3 is 1. The van der Waals surface area contributed by atoms with E-state index in [0.717, 1.165) is 5.56 Å². The lowest BCUT2D eigenvalue weighted by molar-refractivity contribution is 0.414. The molecule has 8 nitrogen and oxygen atoms in total. The number of ether oxygens (including phenoxy) is 1. The van der Waals surface area contributed by atoms with Crippen LogP contribution in [-0.4, -0.2) is 35.1 Å². The molecule has 136 valence electrons. The lowest BCUT2D eigenvalue weighted by atomic mass is 10.2. The monoisotopic (exact) mass is 381 g/mol. The average Bonchev–Trinajstić information content (AvgIpc) is 3.14. The van der Waals surface area contributed by atoms with Crippen LogP contribution < -0.4 is 9.46 Å². The molecule has 0 amide bonds. The lowest BCUT2D eigenvalue weighted by Crippen LogP contribution is -2.15. The molecule has 0 bridgehead atoms. The molecule has 0 aliphatic carbocycles. The van der Waals surface area contributed by atoms with E-state index in [-0.39, 0.29) is 10.7 Å². The van der Waals surface area contributed by atoms with Crippen LogP contribution in [-0.2, 0) is 10.0 Å². The molecule has 0 fully saturated rings. The highest BCUT2D eigenvalue weighted by Crippen LogP contribution is 2.22. The van der Waals surface area contributed by atoms with E-state index in [0.29, 0.717) is 17.1 Å². The Morgan fingerprint density at radius 3 is 2.59 bits per heavy atom. The second-order valence-electron chi connectivity index (χ2n) is 5.65. The first kappa shape index (κ1) is 17.0. The van der Waals surface area contributed by atoms with Gasteiger partial charge in [0.15, 0.2) is 5.65 Å². The number of aromatic nitrogens is 4. The van der Waals surface area contributed by atoms with Gasteiger partial charge < -0.3 is 4.74 Å². The van der Waals surface area contributed by atoms with E-state index in [1.165, 1.54) is 30.0 Å². The number of nitrogens with zero attached hydrogens (tertiary/aromatic N) is 4. The first-order chi connectivity index (χ1) is 13.1. The average molecular weight is 381 g/mol. The molecule has 0 saturated carbocycles. The largest absolute Gasteiger partial charge is 0.497 e. The fraction of sp³-hybridized carbons (Fsp3) is 0.0556. The molecule has 0 aliphatic heterocycles. The number of pyridine rings is 1. The zero-order chi connectivity index (χ0) is 18.9. The second kappa shape index (κ2) is 6.69. The molecule has 4 rings (SSSR count). The molecule has 0 saturated heterocycles. The van der Waals surface area contributed by atoms with E-state index in [1.54, 1.807) is 42.7 Å². The van der Waals surface area contributed by atoms with Gasteiger partial charge in [-0.25, -0.2) is 13.4 Å². The van der Waals surface area contributed by atoms with Gasteiger partial charge in [0.1, 0.15) is 11.6 Å². The summed E-state index contributed by atoms with van der Waals surface area (Å²) in [4.78, 5) is 8.44. The van der Waals surface area contributed by atoms with Gasteiger partial charge in [-0.3, -0.25) is 9.71 Å². The van der Waals surface area contributed by atoms with Crippen LogP contribution in [0.5, 0.6) is 5.75 Å². The van der Waals surface area contributed by atoms with Crippen molar-refractivity contribution in [1.29, 1.82) is 0 Å². The van der Waals surface area contributed by atoms with Crippen molar-refractivity contribution in [3.8, 4) is 17.0 Å². The van der Waals surface area contributed by atoms with Crippen molar-refractivity contribution < 1.29 is 13.2 Å². The molecular weight excluding hydrogens is 366 g/mol. The van der Waals surface area contributed by atoms with Gasteiger partial charge in [0.05, 0.1) is 17.7 Å². The maximum absolute atomic E-state index is 12.7. The Bertz CT molecular complexity index is 1190. The van der Waals surface area contributed by atoms with Crippen LogP contribution in [0.15, 0.2) is 72.0 Å². The molecule has 3 heterocycles. The molecule has 0 atom stereocenters. The molecule has 1 N–H and O–H groups in total. The number of benzene rings is 1. The van der Waals surface area contributed by atoms with Crippen LogP contribution in [0.2, 0.25) is 0 Å². The van der Waals surface area contributed by atoms with E-state index in [4.69, 9.17) is 4.74 Å². The molecule has 1 aromatic carbocycles. The zero-order valence-electron chi connectivity index (χ0n) is 14.3. The minimum absolute atomic E-state index is 0.118. The predicted molar refractivity (Wildman–Crippen MR) is 100 cm³/mol. The number of fused-ring (bicyclic) bond motifs is 1. The minimum Gasteiger partial charge on any atom is -0.497 e. The molecule has 0 unspecified atom stereocenters. The fourth-order valence-corrected chi connectivity index (χ4v) is 3.62. The van der Waals surface area contributed by atoms with Crippen LogP contribution in [0.1, 0.15) is 0 Å². The molecule has 4 aromatic rings. The summed E-state index contributed by atoms with van der Waals surface area (Å²) in [5.74, 6) is 0.861. The standard InChI is InChI=1S/C18H15N5O3S/c1-26-14-4-6-15(7-5-14)27(24,25)22-17-8-10-20-18-11-16(21-23(17)18)13-3-2-9-19-12-13/h2-12,22H,1H3. The Hall–Kier alpha value is -3.46. The Labute approximate surface area is 155 Å².